The second kappa shape index (κ2) is 14.9. The molecule has 2 aromatic rings. The SMILES string of the molecule is C=C(C1CCCCN1C(=O)C(=O)C(C)(C)CC)N(CCCCc1ccccc1)CCCCc1ccccc1. The Morgan fingerprint density at radius 3 is 1.89 bits per heavy atom. The number of benzene rings is 2. The van der Waals surface area contributed by atoms with Gasteiger partial charge in [0.1, 0.15) is 0 Å². The first-order valence-corrected chi connectivity index (χ1v) is 14.7. The molecule has 0 bridgehead atoms. The molecule has 0 N–H and O–H groups in total. The zero-order valence-corrected chi connectivity index (χ0v) is 24.0. The van der Waals surface area contributed by atoms with Gasteiger partial charge in [0.15, 0.2) is 0 Å². The Bertz CT molecular complexity index is 968. The first kappa shape index (κ1) is 29.7. The van der Waals surface area contributed by atoms with Gasteiger partial charge in [0, 0.05) is 30.7 Å². The summed E-state index contributed by atoms with van der Waals surface area (Å²) in [6.45, 7) is 12.8. The molecule has 4 nitrogen and oxygen atoms in total. The van der Waals surface area contributed by atoms with E-state index in [0.717, 1.165) is 76.6 Å². The van der Waals surface area contributed by atoms with Gasteiger partial charge in [-0.25, -0.2) is 0 Å². The fourth-order valence-corrected chi connectivity index (χ4v) is 5.26. The molecule has 1 aliphatic heterocycles. The molecule has 0 radical (unpaired) electrons. The van der Waals surface area contributed by atoms with Gasteiger partial charge in [-0.15, -0.1) is 0 Å². The minimum absolute atomic E-state index is 0.0869. The molecule has 1 unspecified atom stereocenters. The van der Waals surface area contributed by atoms with Crippen molar-refractivity contribution >= 4 is 11.7 Å². The molecule has 1 atom stereocenters. The number of carbonyl (C=O) groups excluding carboxylic acids is 2. The highest BCUT2D eigenvalue weighted by Crippen LogP contribution is 2.29. The summed E-state index contributed by atoms with van der Waals surface area (Å²) in [7, 11) is 0. The van der Waals surface area contributed by atoms with Crippen LogP contribution in [-0.2, 0) is 22.4 Å². The van der Waals surface area contributed by atoms with Crippen molar-refractivity contribution < 1.29 is 9.59 Å². The molecule has 1 saturated heterocycles. The van der Waals surface area contributed by atoms with Gasteiger partial charge in [-0.2, -0.15) is 0 Å². The van der Waals surface area contributed by atoms with Crippen molar-refractivity contribution in [3.05, 3.63) is 84.1 Å². The van der Waals surface area contributed by atoms with E-state index in [1.54, 1.807) is 0 Å². The summed E-state index contributed by atoms with van der Waals surface area (Å²) in [6, 6.07) is 21.2. The Morgan fingerprint density at radius 1 is 0.868 bits per heavy atom. The van der Waals surface area contributed by atoms with E-state index in [9.17, 15) is 9.59 Å². The number of unbranched alkanes of at least 4 members (excludes halogenated alkanes) is 2. The van der Waals surface area contributed by atoms with E-state index in [1.165, 1.54) is 11.1 Å². The van der Waals surface area contributed by atoms with Gasteiger partial charge in [0.25, 0.3) is 5.91 Å². The molecule has 38 heavy (non-hydrogen) atoms. The zero-order chi connectivity index (χ0) is 27.4. The predicted molar refractivity (Wildman–Crippen MR) is 158 cm³/mol. The number of Topliss-reactive ketones (excluding diaryl/α,β-unsaturated/α-hetero) is 1. The molecule has 1 heterocycles. The molecule has 2 aromatic carbocycles. The standard InChI is InChI=1S/C34H48N2O2/c1-5-34(3,4)32(37)33(38)36-27-17-14-24-31(36)28(2)35(25-15-12-22-29-18-8-6-9-19-29)26-16-13-23-30-20-10-7-11-21-30/h6-11,18-21,31H,2,5,12-17,22-27H2,1,3-4H3. The smallest absolute Gasteiger partial charge is 0.291 e. The fraction of sp³-hybridized carbons (Fsp3) is 0.529. The van der Waals surface area contributed by atoms with Crippen LogP contribution in [0.2, 0.25) is 0 Å². The second-order valence-corrected chi connectivity index (χ2v) is 11.4. The van der Waals surface area contributed by atoms with Gasteiger partial charge in [-0.05, 0) is 75.3 Å². The lowest BCUT2D eigenvalue weighted by molar-refractivity contribution is -0.151. The van der Waals surface area contributed by atoms with E-state index in [2.05, 4.69) is 72.1 Å². The number of hydrogen-bond donors (Lipinski definition) is 0. The van der Waals surface area contributed by atoms with Gasteiger partial charge in [-0.3, -0.25) is 9.59 Å². The topological polar surface area (TPSA) is 40.6 Å². The molecule has 3 rings (SSSR count). The van der Waals surface area contributed by atoms with Gasteiger partial charge < -0.3 is 9.80 Å². The van der Waals surface area contributed by atoms with Crippen LogP contribution in [-0.4, -0.2) is 47.2 Å². The average molecular weight is 517 g/mol. The maximum atomic E-state index is 13.4. The Labute approximate surface area is 231 Å². The third kappa shape index (κ3) is 8.58. The number of ketones is 1. The molecule has 1 aliphatic rings. The lowest BCUT2D eigenvalue weighted by Crippen LogP contribution is -2.52. The van der Waals surface area contributed by atoms with Crippen molar-refractivity contribution in [2.75, 3.05) is 19.6 Å². The Balaban J connectivity index is 1.65. The number of aryl methyl sites for hydroxylation is 2. The van der Waals surface area contributed by atoms with Crippen LogP contribution in [0, 0.1) is 5.41 Å². The van der Waals surface area contributed by atoms with Crippen LogP contribution in [0.3, 0.4) is 0 Å². The summed E-state index contributed by atoms with van der Waals surface area (Å²) in [5.41, 5.74) is 3.14. The van der Waals surface area contributed by atoms with E-state index in [0.29, 0.717) is 13.0 Å². The number of hydrogen-bond acceptors (Lipinski definition) is 3. The predicted octanol–water partition coefficient (Wildman–Crippen LogP) is 7.23. The summed E-state index contributed by atoms with van der Waals surface area (Å²) in [5, 5.41) is 0. The third-order valence-corrected chi connectivity index (χ3v) is 8.22. The van der Waals surface area contributed by atoms with Gasteiger partial charge in [-0.1, -0.05) is 88.0 Å². The quantitative estimate of drug-likeness (QED) is 0.185. The molecule has 0 spiro atoms. The highest BCUT2D eigenvalue weighted by atomic mass is 16.2. The summed E-state index contributed by atoms with van der Waals surface area (Å²) < 4.78 is 0. The first-order valence-electron chi connectivity index (χ1n) is 14.7. The minimum Gasteiger partial charge on any atom is -0.374 e. The summed E-state index contributed by atoms with van der Waals surface area (Å²) in [4.78, 5) is 30.7. The fourth-order valence-electron chi connectivity index (χ4n) is 5.26. The van der Waals surface area contributed by atoms with Crippen molar-refractivity contribution in [1.29, 1.82) is 0 Å². The van der Waals surface area contributed by atoms with E-state index in [-0.39, 0.29) is 17.7 Å². The number of likely N-dealkylation sites (tertiary alicyclic amines) is 1. The monoisotopic (exact) mass is 516 g/mol. The van der Waals surface area contributed by atoms with Crippen molar-refractivity contribution in [2.45, 2.75) is 91.0 Å². The number of piperidine rings is 1. The lowest BCUT2D eigenvalue weighted by Gasteiger charge is -2.41. The van der Waals surface area contributed by atoms with Crippen LogP contribution in [0.1, 0.15) is 83.3 Å². The van der Waals surface area contributed by atoms with Crippen LogP contribution in [0.4, 0.5) is 0 Å². The summed E-state index contributed by atoms with van der Waals surface area (Å²) in [6.07, 6.45) is 10.1. The number of nitrogens with zero attached hydrogens (tertiary/aromatic N) is 2. The highest BCUT2D eigenvalue weighted by molar-refractivity contribution is 6.38. The van der Waals surface area contributed by atoms with Crippen molar-refractivity contribution in [1.82, 2.24) is 9.80 Å². The molecule has 1 fully saturated rings. The molecule has 1 amide bonds. The van der Waals surface area contributed by atoms with E-state index in [4.69, 9.17) is 0 Å². The summed E-state index contributed by atoms with van der Waals surface area (Å²) >= 11 is 0. The second-order valence-electron chi connectivity index (χ2n) is 11.4. The maximum absolute atomic E-state index is 13.4. The first-order chi connectivity index (χ1) is 18.3. The molecular weight excluding hydrogens is 468 g/mol. The highest BCUT2D eigenvalue weighted by Gasteiger charge is 2.39. The Kier molecular flexibility index (Phi) is 11.6. The number of amides is 1. The number of rotatable bonds is 15. The lowest BCUT2D eigenvalue weighted by atomic mass is 9.84. The van der Waals surface area contributed by atoms with Crippen molar-refractivity contribution in [2.24, 2.45) is 5.41 Å². The third-order valence-electron chi connectivity index (χ3n) is 8.22. The van der Waals surface area contributed by atoms with Crippen LogP contribution in [0.25, 0.3) is 0 Å². The average Bonchev–Trinajstić information content (AvgIpc) is 2.96. The van der Waals surface area contributed by atoms with Gasteiger partial charge in [0.05, 0.1) is 6.04 Å². The van der Waals surface area contributed by atoms with Crippen LogP contribution >= 0.6 is 0 Å². The molecule has 4 heteroatoms. The molecule has 0 aromatic heterocycles. The van der Waals surface area contributed by atoms with Crippen molar-refractivity contribution in [3.63, 3.8) is 0 Å². The van der Waals surface area contributed by atoms with E-state index in [1.807, 2.05) is 25.7 Å². The maximum Gasteiger partial charge on any atom is 0.291 e. The molecular formula is C34H48N2O2. The van der Waals surface area contributed by atoms with Crippen molar-refractivity contribution in [3.8, 4) is 0 Å². The molecule has 0 aliphatic carbocycles. The zero-order valence-electron chi connectivity index (χ0n) is 24.0. The van der Waals surface area contributed by atoms with Gasteiger partial charge in [0.2, 0.25) is 5.78 Å². The number of carbonyl (C=O) groups is 2. The molecule has 0 saturated carbocycles. The summed E-state index contributed by atoms with van der Waals surface area (Å²) in [5.74, 6) is -0.590. The van der Waals surface area contributed by atoms with Gasteiger partial charge >= 0.3 is 0 Å². The van der Waals surface area contributed by atoms with E-state index < -0.39 is 5.41 Å². The van der Waals surface area contributed by atoms with Crippen LogP contribution in [0.15, 0.2) is 72.9 Å². The van der Waals surface area contributed by atoms with Crippen LogP contribution in [0.5, 0.6) is 0 Å². The largest absolute Gasteiger partial charge is 0.374 e. The molecule has 206 valence electrons. The Morgan fingerprint density at radius 2 is 1.39 bits per heavy atom. The van der Waals surface area contributed by atoms with E-state index >= 15 is 0 Å². The minimum atomic E-state index is -0.630. The Hall–Kier alpha value is -2.88. The normalized spacial score (nSPS) is 15.8. The van der Waals surface area contributed by atoms with Crippen LogP contribution < -0.4 is 0 Å².